The molecule has 0 aliphatic rings. The summed E-state index contributed by atoms with van der Waals surface area (Å²) in [7, 11) is 0.455. The molecule has 0 saturated heterocycles. The van der Waals surface area contributed by atoms with E-state index in [1.165, 1.54) is 0 Å². The van der Waals surface area contributed by atoms with Crippen LogP contribution in [-0.4, -0.2) is 8.07 Å². The molecule has 0 bridgehead atoms. The highest BCUT2D eigenvalue weighted by atomic mass is 28.3. The fourth-order valence-electron chi connectivity index (χ4n) is 3.26. The van der Waals surface area contributed by atoms with Crippen LogP contribution in [0.25, 0.3) is 0 Å². The normalized spacial score (nSPS) is 11.9. The van der Waals surface area contributed by atoms with E-state index in [1.54, 1.807) is 0 Å². The molecule has 0 aromatic carbocycles. The third-order valence-corrected chi connectivity index (χ3v) is 10.6. The third kappa shape index (κ3) is 3.28. The van der Waals surface area contributed by atoms with Gasteiger partial charge in [-0.15, -0.1) is 5.54 Å². The quantitative estimate of drug-likeness (QED) is 0.444. The maximum Gasteiger partial charge on any atom is 0.255 e. The highest BCUT2D eigenvalue weighted by Crippen LogP contribution is 2.40. The molecule has 0 saturated carbocycles. The molecule has 2 heteroatoms. The minimum Gasteiger partial charge on any atom is -0.194 e. The van der Waals surface area contributed by atoms with Gasteiger partial charge in [0.25, 0.3) is 5.69 Å². The summed E-state index contributed by atoms with van der Waals surface area (Å²) in [6.07, 6.45) is 2.06. The summed E-state index contributed by atoms with van der Waals surface area (Å²) in [5.41, 5.74) is 6.94. The Balaban J connectivity index is 3.28. The second-order valence-corrected chi connectivity index (χ2v) is 11.9. The highest BCUT2D eigenvalue weighted by molar-refractivity contribution is 6.90. The molecule has 19 heavy (non-hydrogen) atoms. The van der Waals surface area contributed by atoms with Crippen LogP contribution >= 0.6 is 0 Å². The van der Waals surface area contributed by atoms with Crippen molar-refractivity contribution in [1.82, 2.24) is 0 Å². The third-order valence-electron chi connectivity index (χ3n) is 4.33. The van der Waals surface area contributed by atoms with Crippen LogP contribution in [0.5, 0.6) is 0 Å². The van der Waals surface area contributed by atoms with Gasteiger partial charge < -0.3 is 0 Å². The molecule has 1 nitrogen and oxygen atoms in total. The van der Waals surface area contributed by atoms with Crippen LogP contribution in [0.15, 0.2) is 24.4 Å². The van der Waals surface area contributed by atoms with Crippen LogP contribution in [0.2, 0.25) is 16.6 Å². The summed E-state index contributed by atoms with van der Waals surface area (Å²) in [5.74, 6) is 3.47. The first kappa shape index (κ1) is 16.0. The fourth-order valence-corrected chi connectivity index (χ4v) is 8.47. The Morgan fingerprint density at radius 1 is 0.947 bits per heavy atom. The summed E-state index contributed by atoms with van der Waals surface area (Å²) >= 11 is 0. The molecule has 0 spiro atoms. The maximum atomic E-state index is 3.76. The van der Waals surface area contributed by atoms with E-state index in [0.29, 0.717) is 16.6 Å². The van der Waals surface area contributed by atoms with Crippen molar-refractivity contribution < 1.29 is 4.57 Å². The lowest BCUT2D eigenvalue weighted by atomic mass is 10.3. The average molecular weight is 275 g/mol. The van der Waals surface area contributed by atoms with Crippen molar-refractivity contribution in [3.05, 3.63) is 30.1 Å². The van der Waals surface area contributed by atoms with Gasteiger partial charge in [-0.3, -0.25) is 0 Å². The molecule has 0 N–H and O–H groups in total. The lowest BCUT2D eigenvalue weighted by Crippen LogP contribution is -2.43. The Morgan fingerprint density at radius 2 is 1.47 bits per heavy atom. The Labute approximate surface area is 120 Å². The van der Waals surface area contributed by atoms with Crippen LogP contribution in [0.4, 0.5) is 0 Å². The Bertz CT molecular complexity index is 456. The van der Waals surface area contributed by atoms with E-state index in [9.17, 15) is 0 Å². The van der Waals surface area contributed by atoms with E-state index < -0.39 is 8.07 Å². The van der Waals surface area contributed by atoms with Gasteiger partial charge in [-0.1, -0.05) is 41.5 Å². The van der Waals surface area contributed by atoms with Gasteiger partial charge in [0.2, 0.25) is 0 Å². The lowest BCUT2D eigenvalue weighted by Gasteiger charge is -2.37. The molecule has 1 rings (SSSR count). The van der Waals surface area contributed by atoms with E-state index in [1.807, 2.05) is 6.07 Å². The zero-order chi connectivity index (χ0) is 14.6. The van der Waals surface area contributed by atoms with Crippen molar-refractivity contribution in [3.8, 4) is 11.5 Å². The first-order chi connectivity index (χ1) is 8.82. The van der Waals surface area contributed by atoms with Gasteiger partial charge in [0.1, 0.15) is 15.1 Å². The van der Waals surface area contributed by atoms with Crippen LogP contribution in [-0.2, 0) is 7.05 Å². The van der Waals surface area contributed by atoms with Crippen molar-refractivity contribution in [2.45, 2.75) is 58.2 Å². The highest BCUT2D eigenvalue weighted by Gasteiger charge is 2.41. The Kier molecular flexibility index (Phi) is 5.37. The van der Waals surface area contributed by atoms with E-state index in [0.717, 1.165) is 5.69 Å². The monoisotopic (exact) mass is 274 g/mol. The number of aryl methyl sites for hydroxylation is 1. The zero-order valence-electron chi connectivity index (χ0n) is 13.5. The largest absolute Gasteiger partial charge is 0.255 e. The summed E-state index contributed by atoms with van der Waals surface area (Å²) in [4.78, 5) is 0. The van der Waals surface area contributed by atoms with Gasteiger partial charge in [0, 0.05) is 12.1 Å². The SMILES string of the molecule is CC(C)[Si](C#Cc1cccc[n+]1C)(C(C)C)C(C)C. The minimum absolute atomic E-state index is 0.689. The predicted molar refractivity (Wildman–Crippen MR) is 85.5 cm³/mol. The van der Waals surface area contributed by atoms with Gasteiger partial charge in [-0.25, -0.2) is 0 Å². The summed E-state index contributed by atoms with van der Waals surface area (Å²) in [6, 6.07) is 6.21. The van der Waals surface area contributed by atoms with Crippen molar-refractivity contribution in [3.63, 3.8) is 0 Å². The van der Waals surface area contributed by atoms with Crippen molar-refractivity contribution in [2.24, 2.45) is 7.05 Å². The minimum atomic E-state index is -1.61. The second-order valence-electron chi connectivity index (χ2n) is 6.34. The van der Waals surface area contributed by atoms with Crippen LogP contribution in [0.1, 0.15) is 47.2 Å². The van der Waals surface area contributed by atoms with Crippen molar-refractivity contribution >= 4 is 8.07 Å². The average Bonchev–Trinajstić information content (AvgIpc) is 2.30. The molecule has 0 fully saturated rings. The van der Waals surface area contributed by atoms with Gasteiger partial charge in [-0.2, -0.15) is 4.57 Å². The molecule has 0 atom stereocenters. The molecule has 0 radical (unpaired) electrons. The molecule has 0 aliphatic carbocycles. The molecule has 0 amide bonds. The van der Waals surface area contributed by atoms with E-state index in [4.69, 9.17) is 0 Å². The van der Waals surface area contributed by atoms with E-state index >= 15 is 0 Å². The van der Waals surface area contributed by atoms with Crippen molar-refractivity contribution in [2.75, 3.05) is 0 Å². The molecule has 1 aromatic rings. The van der Waals surface area contributed by atoms with Gasteiger partial charge in [-0.05, 0) is 28.6 Å². The van der Waals surface area contributed by atoms with E-state index in [2.05, 4.69) is 83.0 Å². The maximum absolute atomic E-state index is 3.76. The second kappa shape index (κ2) is 6.39. The number of nitrogens with zero attached hydrogens (tertiary/aromatic N) is 1. The zero-order valence-corrected chi connectivity index (χ0v) is 14.5. The predicted octanol–water partition coefficient (Wildman–Crippen LogP) is 4.08. The first-order valence-corrected chi connectivity index (χ1v) is 9.53. The number of aromatic nitrogens is 1. The fraction of sp³-hybridized carbons (Fsp3) is 0.588. The van der Waals surface area contributed by atoms with E-state index in [-0.39, 0.29) is 0 Å². The first-order valence-electron chi connectivity index (χ1n) is 7.30. The molecule has 104 valence electrons. The number of hydrogen-bond acceptors (Lipinski definition) is 0. The molecular weight excluding hydrogens is 246 g/mol. The Hall–Kier alpha value is -1.07. The number of hydrogen-bond donors (Lipinski definition) is 0. The van der Waals surface area contributed by atoms with Crippen LogP contribution in [0, 0.1) is 11.5 Å². The molecule has 1 aromatic heterocycles. The van der Waals surface area contributed by atoms with Crippen LogP contribution in [0.3, 0.4) is 0 Å². The molecule has 0 unspecified atom stereocenters. The topological polar surface area (TPSA) is 3.88 Å². The standard InChI is InChI=1S/C17H28NSi/c1-14(2)19(15(3)4,16(5)6)13-11-17-10-8-9-12-18(17)7/h8-10,12,14-16H,1-7H3/q+1. The van der Waals surface area contributed by atoms with Gasteiger partial charge in [0.05, 0.1) is 0 Å². The molecule has 1 heterocycles. The number of pyridine rings is 1. The Morgan fingerprint density at radius 3 is 1.89 bits per heavy atom. The summed E-state index contributed by atoms with van der Waals surface area (Å²) < 4.78 is 2.10. The number of rotatable bonds is 3. The van der Waals surface area contributed by atoms with Gasteiger partial charge >= 0.3 is 0 Å². The summed E-state index contributed by atoms with van der Waals surface area (Å²) in [5, 5.41) is 0. The molecule has 0 aliphatic heterocycles. The molecular formula is C17H28NSi+. The smallest absolute Gasteiger partial charge is 0.194 e. The lowest BCUT2D eigenvalue weighted by molar-refractivity contribution is -0.673. The summed E-state index contributed by atoms with van der Waals surface area (Å²) in [6.45, 7) is 14.1. The van der Waals surface area contributed by atoms with Crippen LogP contribution < -0.4 is 4.57 Å². The van der Waals surface area contributed by atoms with Gasteiger partial charge in [0.15, 0.2) is 6.20 Å². The van der Waals surface area contributed by atoms with Crippen molar-refractivity contribution in [1.29, 1.82) is 0 Å².